The smallest absolute Gasteiger partial charge is 0.0932 e. The number of aromatic nitrogens is 2. The third kappa shape index (κ3) is 2.09. The van der Waals surface area contributed by atoms with E-state index in [-0.39, 0.29) is 6.04 Å². The van der Waals surface area contributed by atoms with E-state index < -0.39 is 0 Å². The van der Waals surface area contributed by atoms with E-state index >= 15 is 0 Å². The highest BCUT2D eigenvalue weighted by atomic mass is 35.5. The number of halogens is 1. The quantitative estimate of drug-likeness (QED) is 0.742. The van der Waals surface area contributed by atoms with Crippen molar-refractivity contribution >= 4 is 39.5 Å². The Balaban J connectivity index is 1.90. The van der Waals surface area contributed by atoms with Crippen LogP contribution in [0.3, 0.4) is 0 Å². The van der Waals surface area contributed by atoms with Gasteiger partial charge in [-0.25, -0.2) is 0 Å². The molecule has 3 rings (SSSR count). The van der Waals surface area contributed by atoms with Gasteiger partial charge in [-0.05, 0) is 25.1 Å². The highest BCUT2D eigenvalue weighted by Crippen LogP contribution is 2.30. The highest BCUT2D eigenvalue weighted by molar-refractivity contribution is 7.16. The second-order valence-electron chi connectivity index (χ2n) is 4.15. The van der Waals surface area contributed by atoms with Gasteiger partial charge in [0.15, 0.2) is 0 Å². The fourth-order valence-electron chi connectivity index (χ4n) is 1.95. The lowest BCUT2D eigenvalue weighted by atomic mass is 10.2. The van der Waals surface area contributed by atoms with E-state index in [0.29, 0.717) is 0 Å². The number of nitrogens with one attached hydrogen (secondary N) is 2. The van der Waals surface area contributed by atoms with E-state index in [1.54, 1.807) is 11.3 Å². The van der Waals surface area contributed by atoms with Crippen LogP contribution in [0.25, 0.3) is 10.9 Å². The molecule has 0 bridgehead atoms. The van der Waals surface area contributed by atoms with Crippen LogP contribution in [0.5, 0.6) is 0 Å². The number of H-pyrrole nitrogens is 1. The van der Waals surface area contributed by atoms with Gasteiger partial charge in [0.05, 0.1) is 27.8 Å². The largest absolute Gasteiger partial charge is 0.376 e. The number of para-hydroxylation sites is 1. The highest BCUT2D eigenvalue weighted by Gasteiger charge is 2.10. The molecule has 18 heavy (non-hydrogen) atoms. The summed E-state index contributed by atoms with van der Waals surface area (Å²) in [7, 11) is 0. The molecule has 0 saturated heterocycles. The normalized spacial score (nSPS) is 12.8. The lowest BCUT2D eigenvalue weighted by molar-refractivity contribution is 0.909. The Kier molecular flexibility index (Phi) is 2.97. The van der Waals surface area contributed by atoms with Crippen LogP contribution >= 0.6 is 22.9 Å². The summed E-state index contributed by atoms with van der Waals surface area (Å²) in [6.07, 6.45) is 1.83. The van der Waals surface area contributed by atoms with Gasteiger partial charge < -0.3 is 5.32 Å². The topological polar surface area (TPSA) is 40.7 Å². The lowest BCUT2D eigenvalue weighted by Crippen LogP contribution is -2.05. The van der Waals surface area contributed by atoms with Crippen LogP contribution in [0.15, 0.2) is 36.5 Å². The van der Waals surface area contributed by atoms with Gasteiger partial charge in [-0.1, -0.05) is 23.7 Å². The Morgan fingerprint density at radius 2 is 2.22 bits per heavy atom. The number of fused-ring (bicyclic) bond motifs is 1. The molecule has 92 valence electrons. The second kappa shape index (κ2) is 4.63. The van der Waals surface area contributed by atoms with E-state index in [0.717, 1.165) is 20.9 Å². The molecule has 2 heterocycles. The number of thiophene rings is 1. The van der Waals surface area contributed by atoms with Gasteiger partial charge in [0.25, 0.3) is 0 Å². The zero-order valence-corrected chi connectivity index (χ0v) is 11.3. The fraction of sp³-hybridized carbons (Fsp3) is 0.154. The summed E-state index contributed by atoms with van der Waals surface area (Å²) in [5.74, 6) is 0. The molecule has 1 atom stereocenters. The number of benzene rings is 1. The maximum atomic E-state index is 5.96. The Morgan fingerprint density at radius 1 is 1.33 bits per heavy atom. The maximum absolute atomic E-state index is 5.96. The van der Waals surface area contributed by atoms with Crippen molar-refractivity contribution in [1.82, 2.24) is 10.2 Å². The molecule has 3 aromatic rings. The SMILES string of the molecule is CC(Nc1cccc2cn[nH]c12)c1ccc(Cl)s1. The Labute approximate surface area is 114 Å². The van der Waals surface area contributed by atoms with Crippen molar-refractivity contribution in [2.45, 2.75) is 13.0 Å². The number of anilines is 1. The summed E-state index contributed by atoms with van der Waals surface area (Å²) in [6.45, 7) is 2.12. The van der Waals surface area contributed by atoms with Gasteiger partial charge in [0, 0.05) is 10.3 Å². The summed E-state index contributed by atoms with van der Waals surface area (Å²) >= 11 is 7.56. The Hall–Kier alpha value is -1.52. The average molecular weight is 278 g/mol. The van der Waals surface area contributed by atoms with Gasteiger partial charge in [0.2, 0.25) is 0 Å². The third-order valence-electron chi connectivity index (χ3n) is 2.87. The van der Waals surface area contributed by atoms with Crippen LogP contribution in [0, 0.1) is 0 Å². The molecule has 1 aromatic carbocycles. The molecule has 2 N–H and O–H groups in total. The van der Waals surface area contributed by atoms with E-state index in [2.05, 4.69) is 28.5 Å². The molecule has 3 nitrogen and oxygen atoms in total. The van der Waals surface area contributed by atoms with Crippen LogP contribution < -0.4 is 5.32 Å². The minimum atomic E-state index is 0.219. The van der Waals surface area contributed by atoms with Crippen molar-refractivity contribution in [2.24, 2.45) is 0 Å². The van der Waals surface area contributed by atoms with Crippen LogP contribution in [-0.4, -0.2) is 10.2 Å². The van der Waals surface area contributed by atoms with Crippen molar-refractivity contribution in [2.75, 3.05) is 5.32 Å². The number of hydrogen-bond donors (Lipinski definition) is 2. The van der Waals surface area contributed by atoms with Crippen molar-refractivity contribution in [3.05, 3.63) is 45.7 Å². The van der Waals surface area contributed by atoms with Crippen LogP contribution in [0.4, 0.5) is 5.69 Å². The van der Waals surface area contributed by atoms with Gasteiger partial charge in [0.1, 0.15) is 0 Å². The molecule has 0 aliphatic rings. The van der Waals surface area contributed by atoms with Crippen LogP contribution in [-0.2, 0) is 0 Å². The number of hydrogen-bond acceptors (Lipinski definition) is 3. The number of nitrogens with zero attached hydrogens (tertiary/aromatic N) is 1. The molecule has 0 aliphatic heterocycles. The molecule has 0 saturated carbocycles. The van der Waals surface area contributed by atoms with Gasteiger partial charge in [-0.3, -0.25) is 5.10 Å². The van der Waals surface area contributed by atoms with E-state index in [9.17, 15) is 0 Å². The van der Waals surface area contributed by atoms with Gasteiger partial charge in [-0.15, -0.1) is 11.3 Å². The van der Waals surface area contributed by atoms with Gasteiger partial charge >= 0.3 is 0 Å². The molecular formula is C13H12ClN3S. The molecule has 5 heteroatoms. The summed E-state index contributed by atoms with van der Waals surface area (Å²) in [5.41, 5.74) is 2.09. The molecule has 2 aromatic heterocycles. The van der Waals surface area contributed by atoms with Crippen molar-refractivity contribution in [3.8, 4) is 0 Å². The first-order chi connectivity index (χ1) is 8.74. The van der Waals surface area contributed by atoms with Crippen molar-refractivity contribution in [1.29, 1.82) is 0 Å². The molecule has 0 radical (unpaired) electrons. The van der Waals surface area contributed by atoms with E-state index in [4.69, 9.17) is 11.6 Å². The maximum Gasteiger partial charge on any atom is 0.0932 e. The first kappa shape index (κ1) is 11.6. The first-order valence-electron chi connectivity index (χ1n) is 5.68. The average Bonchev–Trinajstić information content (AvgIpc) is 2.97. The second-order valence-corrected chi connectivity index (χ2v) is 5.89. The first-order valence-corrected chi connectivity index (χ1v) is 6.87. The van der Waals surface area contributed by atoms with Gasteiger partial charge in [-0.2, -0.15) is 5.10 Å². The molecule has 1 unspecified atom stereocenters. The summed E-state index contributed by atoms with van der Waals surface area (Å²) in [5, 5.41) is 11.7. The molecule has 0 aliphatic carbocycles. The van der Waals surface area contributed by atoms with Crippen LogP contribution in [0.2, 0.25) is 4.34 Å². The molecular weight excluding hydrogens is 266 g/mol. The Bertz CT molecular complexity index is 673. The molecule has 0 spiro atoms. The van der Waals surface area contributed by atoms with E-state index in [1.165, 1.54) is 4.88 Å². The standard InChI is InChI=1S/C13H12ClN3S/c1-8(11-5-6-12(14)18-11)16-10-4-2-3-9-7-15-17-13(9)10/h2-8,16H,1H3,(H,15,17). The van der Waals surface area contributed by atoms with Crippen molar-refractivity contribution in [3.63, 3.8) is 0 Å². The number of rotatable bonds is 3. The molecule has 0 fully saturated rings. The third-order valence-corrected chi connectivity index (χ3v) is 4.28. The number of aromatic amines is 1. The predicted molar refractivity (Wildman–Crippen MR) is 77.5 cm³/mol. The van der Waals surface area contributed by atoms with Crippen LogP contribution in [0.1, 0.15) is 17.8 Å². The minimum absolute atomic E-state index is 0.219. The fourth-order valence-corrected chi connectivity index (χ4v) is 3.02. The zero-order valence-electron chi connectivity index (χ0n) is 9.77. The summed E-state index contributed by atoms with van der Waals surface area (Å²) in [4.78, 5) is 1.22. The summed E-state index contributed by atoms with van der Waals surface area (Å²) in [6, 6.07) is 10.3. The van der Waals surface area contributed by atoms with Crippen molar-refractivity contribution < 1.29 is 0 Å². The lowest BCUT2D eigenvalue weighted by Gasteiger charge is -2.14. The zero-order chi connectivity index (χ0) is 12.5. The Morgan fingerprint density at radius 3 is 3.00 bits per heavy atom. The van der Waals surface area contributed by atoms with E-state index in [1.807, 2.05) is 30.5 Å². The molecule has 0 amide bonds. The minimum Gasteiger partial charge on any atom is -0.376 e. The monoisotopic (exact) mass is 277 g/mol. The predicted octanol–water partition coefficient (Wildman–Crippen LogP) is 4.45. The summed E-state index contributed by atoms with van der Waals surface area (Å²) < 4.78 is 0.818.